The Bertz CT molecular complexity index is 1710. The molecule has 4 heterocycles. The molecule has 1 aliphatic heterocycles. The van der Waals surface area contributed by atoms with Gasteiger partial charge in [-0.3, -0.25) is 18.7 Å². The predicted molar refractivity (Wildman–Crippen MR) is 132 cm³/mol. The third kappa shape index (κ3) is 3.91. The number of sulfone groups is 1. The number of carbonyl (C=O) groups is 1. The molecule has 0 aliphatic carbocycles. The summed E-state index contributed by atoms with van der Waals surface area (Å²) in [6, 6.07) is 5.12. The highest BCUT2D eigenvalue weighted by Crippen LogP contribution is 2.33. The fourth-order valence-electron chi connectivity index (χ4n) is 4.26. The summed E-state index contributed by atoms with van der Waals surface area (Å²) in [7, 11) is -0.472. The lowest BCUT2D eigenvalue weighted by molar-refractivity contribution is -0.132. The van der Waals surface area contributed by atoms with Crippen LogP contribution in [0.15, 0.2) is 39.0 Å². The Morgan fingerprint density at radius 3 is 2.49 bits per heavy atom. The number of aromatic nitrogens is 5. The van der Waals surface area contributed by atoms with Crippen molar-refractivity contribution in [2.75, 3.05) is 37.3 Å². The van der Waals surface area contributed by atoms with E-state index < -0.39 is 21.1 Å². The van der Waals surface area contributed by atoms with E-state index in [9.17, 15) is 22.8 Å². The van der Waals surface area contributed by atoms with Crippen molar-refractivity contribution in [1.82, 2.24) is 28.6 Å². The fourth-order valence-corrected chi connectivity index (χ4v) is 6.20. The minimum absolute atomic E-state index is 0.0667. The van der Waals surface area contributed by atoms with Crippen molar-refractivity contribution in [2.45, 2.75) is 11.4 Å². The molecule has 0 saturated carbocycles. The van der Waals surface area contributed by atoms with Crippen LogP contribution in [-0.2, 0) is 35.3 Å². The normalized spacial score (nSPS) is 14.8. The second kappa shape index (κ2) is 8.30. The van der Waals surface area contributed by atoms with Gasteiger partial charge in [-0.2, -0.15) is 0 Å². The Kier molecular flexibility index (Phi) is 5.51. The number of fused-ring (bicyclic) bond motifs is 2. The fraction of sp³-hybridized carbons (Fsp3) is 0.381. The first-order valence-electron chi connectivity index (χ1n) is 10.8. The van der Waals surface area contributed by atoms with Crippen LogP contribution in [0.3, 0.4) is 0 Å². The van der Waals surface area contributed by atoms with Crippen LogP contribution < -0.4 is 16.1 Å². The van der Waals surface area contributed by atoms with Crippen LogP contribution in [0.2, 0.25) is 0 Å². The average molecular weight is 518 g/mol. The lowest BCUT2D eigenvalue weighted by Crippen LogP contribution is -2.49. The van der Waals surface area contributed by atoms with Gasteiger partial charge >= 0.3 is 5.69 Å². The summed E-state index contributed by atoms with van der Waals surface area (Å²) in [6.07, 6.45) is 2.57. The average Bonchev–Trinajstić information content (AvgIpc) is 3.45. The molecule has 0 radical (unpaired) electrons. The first-order chi connectivity index (χ1) is 16.6. The van der Waals surface area contributed by atoms with Crippen molar-refractivity contribution in [3.05, 3.63) is 45.4 Å². The maximum absolute atomic E-state index is 13.0. The number of hydrogen-bond donors (Lipinski definition) is 0. The Labute approximate surface area is 203 Å². The molecule has 0 spiro atoms. The van der Waals surface area contributed by atoms with E-state index >= 15 is 0 Å². The summed E-state index contributed by atoms with van der Waals surface area (Å²) in [5, 5.41) is 0.716. The number of anilines is 1. The van der Waals surface area contributed by atoms with Crippen molar-refractivity contribution in [2.24, 2.45) is 14.1 Å². The summed E-state index contributed by atoms with van der Waals surface area (Å²) >= 11 is 1.42. The van der Waals surface area contributed by atoms with E-state index in [4.69, 9.17) is 0 Å². The Balaban J connectivity index is 1.32. The molecular formula is C21H23N7O5S2. The first kappa shape index (κ1) is 23.2. The van der Waals surface area contributed by atoms with Gasteiger partial charge in [0.15, 0.2) is 26.1 Å². The van der Waals surface area contributed by atoms with Gasteiger partial charge in [0.25, 0.3) is 5.56 Å². The molecule has 0 unspecified atom stereocenters. The lowest BCUT2D eigenvalue weighted by Gasteiger charge is -2.34. The number of hydrogen-bond acceptors (Lipinski definition) is 9. The monoisotopic (exact) mass is 517 g/mol. The van der Waals surface area contributed by atoms with Crippen molar-refractivity contribution >= 4 is 53.6 Å². The first-order valence-corrected chi connectivity index (χ1v) is 13.5. The molecule has 1 fully saturated rings. The van der Waals surface area contributed by atoms with Gasteiger partial charge in [0, 0.05) is 46.5 Å². The van der Waals surface area contributed by atoms with Gasteiger partial charge in [-0.1, -0.05) is 17.4 Å². The maximum atomic E-state index is 13.0. The number of aryl methyl sites for hydroxylation is 1. The topological polar surface area (TPSA) is 132 Å². The van der Waals surface area contributed by atoms with E-state index in [2.05, 4.69) is 9.97 Å². The number of rotatable bonds is 4. The van der Waals surface area contributed by atoms with Crippen LogP contribution >= 0.6 is 11.3 Å². The molecule has 1 amide bonds. The molecule has 14 heteroatoms. The maximum Gasteiger partial charge on any atom is 0.332 e. The van der Waals surface area contributed by atoms with Gasteiger partial charge in [0.05, 0.1) is 15.9 Å². The van der Waals surface area contributed by atoms with Gasteiger partial charge < -0.3 is 14.4 Å². The van der Waals surface area contributed by atoms with E-state index in [0.717, 1.165) is 9.27 Å². The number of amides is 1. The molecule has 3 aromatic heterocycles. The van der Waals surface area contributed by atoms with E-state index in [1.165, 1.54) is 47.1 Å². The predicted octanol–water partition coefficient (Wildman–Crippen LogP) is -0.204. The van der Waals surface area contributed by atoms with Gasteiger partial charge in [-0.05, 0) is 12.1 Å². The van der Waals surface area contributed by atoms with Gasteiger partial charge in [0.2, 0.25) is 5.91 Å². The molecule has 5 rings (SSSR count). The molecule has 4 aromatic rings. The van der Waals surface area contributed by atoms with Crippen LogP contribution in [-0.4, -0.2) is 75.3 Å². The quantitative estimate of drug-likeness (QED) is 0.363. The number of carbonyl (C=O) groups excluding carboxylic acids is 1. The molecule has 1 saturated heterocycles. The largest absolute Gasteiger partial charge is 0.345 e. The highest BCUT2D eigenvalue weighted by molar-refractivity contribution is 7.91. The lowest BCUT2D eigenvalue weighted by atomic mass is 10.3. The molecule has 0 bridgehead atoms. The SMILES string of the molecule is Cn1c(=O)c2c(ncn2CC(=O)N2CCN(c3nc4c(S(C)(=O)=O)cccc4s3)CC2)n(C)c1=O. The number of imidazole rings is 1. The number of piperazine rings is 1. The Morgan fingerprint density at radius 2 is 1.80 bits per heavy atom. The molecule has 1 aromatic carbocycles. The molecule has 1 aliphatic rings. The van der Waals surface area contributed by atoms with Crippen LogP contribution in [0.25, 0.3) is 21.4 Å². The molecular weight excluding hydrogens is 494 g/mol. The zero-order chi connectivity index (χ0) is 25.1. The second-order valence-electron chi connectivity index (χ2n) is 8.49. The van der Waals surface area contributed by atoms with E-state index in [1.807, 2.05) is 11.0 Å². The Hall–Kier alpha value is -3.52. The number of para-hydroxylation sites is 1. The van der Waals surface area contributed by atoms with Crippen LogP contribution in [0.1, 0.15) is 0 Å². The standard InChI is InChI=1S/C21H23N7O5S2/c1-24-18-17(19(30)25(2)21(24)31)28(12-22-18)11-15(29)26-7-9-27(10-8-26)20-23-16-13(34-20)5-4-6-14(16)35(3,32)33/h4-6,12H,7-11H2,1-3H3. The summed E-state index contributed by atoms with van der Waals surface area (Å²) in [5.74, 6) is -0.163. The highest BCUT2D eigenvalue weighted by Gasteiger charge is 2.25. The van der Waals surface area contributed by atoms with Crippen molar-refractivity contribution in [1.29, 1.82) is 0 Å². The van der Waals surface area contributed by atoms with Crippen LogP contribution in [0.5, 0.6) is 0 Å². The zero-order valence-electron chi connectivity index (χ0n) is 19.3. The van der Waals surface area contributed by atoms with Gasteiger partial charge in [-0.15, -0.1) is 0 Å². The minimum Gasteiger partial charge on any atom is -0.345 e. The molecule has 12 nitrogen and oxygen atoms in total. The van der Waals surface area contributed by atoms with E-state index in [-0.39, 0.29) is 28.5 Å². The van der Waals surface area contributed by atoms with Gasteiger partial charge in [0.1, 0.15) is 12.1 Å². The third-order valence-corrected chi connectivity index (χ3v) is 8.41. The highest BCUT2D eigenvalue weighted by atomic mass is 32.2. The van der Waals surface area contributed by atoms with Crippen molar-refractivity contribution in [3.63, 3.8) is 0 Å². The van der Waals surface area contributed by atoms with Crippen molar-refractivity contribution < 1.29 is 13.2 Å². The summed E-state index contributed by atoms with van der Waals surface area (Å²) in [4.78, 5) is 50.4. The third-order valence-electron chi connectivity index (χ3n) is 6.20. The van der Waals surface area contributed by atoms with Crippen LogP contribution in [0.4, 0.5) is 5.13 Å². The van der Waals surface area contributed by atoms with Crippen LogP contribution in [0, 0.1) is 0 Å². The van der Waals surface area contributed by atoms with Crippen molar-refractivity contribution in [3.8, 4) is 0 Å². The van der Waals surface area contributed by atoms with E-state index in [0.29, 0.717) is 36.8 Å². The van der Waals surface area contributed by atoms with E-state index in [1.54, 1.807) is 17.0 Å². The number of benzene rings is 1. The molecule has 35 heavy (non-hydrogen) atoms. The summed E-state index contributed by atoms with van der Waals surface area (Å²) < 4.78 is 28.8. The Morgan fingerprint density at radius 1 is 1.09 bits per heavy atom. The smallest absolute Gasteiger partial charge is 0.332 e. The summed E-state index contributed by atoms with van der Waals surface area (Å²) in [6.45, 7) is 1.93. The number of thiazole rings is 1. The van der Waals surface area contributed by atoms with Gasteiger partial charge in [-0.25, -0.2) is 23.2 Å². The summed E-state index contributed by atoms with van der Waals surface area (Å²) in [5.41, 5.74) is -0.0644. The zero-order valence-corrected chi connectivity index (χ0v) is 21.0. The molecule has 184 valence electrons. The molecule has 0 N–H and O–H groups in total. The number of nitrogens with zero attached hydrogens (tertiary/aromatic N) is 7. The minimum atomic E-state index is -3.40. The second-order valence-corrected chi connectivity index (χ2v) is 11.5. The molecule has 0 atom stereocenters.